The lowest BCUT2D eigenvalue weighted by Gasteiger charge is -2.23. The van der Waals surface area contributed by atoms with Gasteiger partial charge in [-0.25, -0.2) is 4.79 Å². The molecule has 1 fully saturated rings. The number of nitrogens with one attached hydrogen (secondary N) is 1. The van der Waals surface area contributed by atoms with Crippen LogP contribution in [0.3, 0.4) is 0 Å². The van der Waals surface area contributed by atoms with Gasteiger partial charge < -0.3 is 15.3 Å². The molecule has 0 aromatic carbocycles. The lowest BCUT2D eigenvalue weighted by Crippen LogP contribution is -2.46. The first-order valence-corrected chi connectivity index (χ1v) is 6.74. The molecule has 0 aliphatic carbocycles. The first-order valence-electron chi connectivity index (χ1n) is 6.74. The molecule has 5 nitrogen and oxygen atoms in total. The summed E-state index contributed by atoms with van der Waals surface area (Å²) in [5, 5.41) is 11.6. The van der Waals surface area contributed by atoms with Gasteiger partial charge in [0.25, 0.3) is 0 Å². The van der Waals surface area contributed by atoms with E-state index in [4.69, 9.17) is 5.11 Å². The number of carbonyl (C=O) groups excluding carboxylic acids is 1. The first kappa shape index (κ1) is 14.8. The number of urea groups is 1. The fraction of sp³-hybridized carbons (Fsp3) is 0.846. The van der Waals surface area contributed by atoms with Gasteiger partial charge in [0, 0.05) is 19.1 Å². The summed E-state index contributed by atoms with van der Waals surface area (Å²) in [7, 11) is 0. The molecule has 0 aromatic rings. The van der Waals surface area contributed by atoms with E-state index in [0.717, 1.165) is 32.4 Å². The quantitative estimate of drug-likeness (QED) is 0.789. The lowest BCUT2D eigenvalue weighted by atomic mass is 10.0. The predicted molar refractivity (Wildman–Crippen MR) is 69.4 cm³/mol. The third-order valence-electron chi connectivity index (χ3n) is 3.76. The summed E-state index contributed by atoms with van der Waals surface area (Å²) in [6, 6.07) is -0.477. The molecule has 0 aromatic heterocycles. The number of likely N-dealkylation sites (tertiary alicyclic amines) is 1. The van der Waals surface area contributed by atoms with E-state index in [1.807, 2.05) is 0 Å². The molecule has 18 heavy (non-hydrogen) atoms. The van der Waals surface area contributed by atoms with Crippen molar-refractivity contribution >= 4 is 12.0 Å². The molecule has 0 radical (unpaired) electrons. The highest BCUT2D eigenvalue weighted by Crippen LogP contribution is 2.20. The van der Waals surface area contributed by atoms with Gasteiger partial charge >= 0.3 is 12.0 Å². The summed E-state index contributed by atoms with van der Waals surface area (Å²) in [6.45, 7) is 7.07. The SMILES string of the molecule is CCCC1CCN(C(=O)NC(C)C(C)C(=O)O)C1. The zero-order valence-corrected chi connectivity index (χ0v) is 11.5. The van der Waals surface area contributed by atoms with E-state index >= 15 is 0 Å². The van der Waals surface area contributed by atoms with Crippen molar-refractivity contribution in [1.29, 1.82) is 0 Å². The molecular weight excluding hydrogens is 232 g/mol. The van der Waals surface area contributed by atoms with Crippen molar-refractivity contribution < 1.29 is 14.7 Å². The van der Waals surface area contributed by atoms with Crippen LogP contribution in [-0.2, 0) is 4.79 Å². The van der Waals surface area contributed by atoms with Crippen molar-refractivity contribution in [2.45, 2.75) is 46.1 Å². The fourth-order valence-electron chi connectivity index (χ4n) is 2.29. The molecule has 0 bridgehead atoms. The van der Waals surface area contributed by atoms with E-state index in [-0.39, 0.29) is 12.1 Å². The standard InChI is InChI=1S/C13H24N2O3/c1-4-5-11-6-7-15(8-11)13(18)14-10(3)9(2)12(16)17/h9-11H,4-8H2,1-3H3,(H,14,18)(H,16,17). The highest BCUT2D eigenvalue weighted by atomic mass is 16.4. The monoisotopic (exact) mass is 256 g/mol. The molecule has 3 atom stereocenters. The van der Waals surface area contributed by atoms with Crippen LogP contribution >= 0.6 is 0 Å². The van der Waals surface area contributed by atoms with Crippen LogP contribution in [0.1, 0.15) is 40.0 Å². The van der Waals surface area contributed by atoms with Gasteiger partial charge in [-0.3, -0.25) is 4.79 Å². The van der Waals surface area contributed by atoms with Gasteiger partial charge in [0.05, 0.1) is 5.92 Å². The average Bonchev–Trinajstić information content (AvgIpc) is 2.77. The smallest absolute Gasteiger partial charge is 0.317 e. The molecule has 2 amide bonds. The fourth-order valence-corrected chi connectivity index (χ4v) is 2.29. The minimum atomic E-state index is -0.881. The summed E-state index contributed by atoms with van der Waals surface area (Å²) in [5.74, 6) is -0.843. The molecule has 1 aliphatic rings. The molecule has 1 heterocycles. The van der Waals surface area contributed by atoms with Crippen LogP contribution < -0.4 is 5.32 Å². The summed E-state index contributed by atoms with van der Waals surface area (Å²) in [5.41, 5.74) is 0. The van der Waals surface area contributed by atoms with Crippen LogP contribution in [0.2, 0.25) is 0 Å². The predicted octanol–water partition coefficient (Wildman–Crippen LogP) is 1.93. The number of carboxylic acids is 1. The third kappa shape index (κ3) is 3.89. The number of nitrogens with zero attached hydrogens (tertiary/aromatic N) is 1. The van der Waals surface area contributed by atoms with Crippen LogP contribution in [-0.4, -0.2) is 41.1 Å². The Labute approximate surface area is 109 Å². The van der Waals surface area contributed by atoms with E-state index in [2.05, 4.69) is 12.2 Å². The zero-order valence-electron chi connectivity index (χ0n) is 11.5. The minimum Gasteiger partial charge on any atom is -0.481 e. The Kier molecular flexibility index (Phi) is 5.44. The van der Waals surface area contributed by atoms with Crippen molar-refractivity contribution in [1.82, 2.24) is 10.2 Å². The highest BCUT2D eigenvalue weighted by molar-refractivity contribution is 5.76. The Balaban J connectivity index is 2.40. The topological polar surface area (TPSA) is 69.6 Å². The van der Waals surface area contributed by atoms with Crippen LogP contribution in [0, 0.1) is 11.8 Å². The van der Waals surface area contributed by atoms with Crippen LogP contribution in [0.15, 0.2) is 0 Å². The maximum Gasteiger partial charge on any atom is 0.317 e. The van der Waals surface area contributed by atoms with E-state index < -0.39 is 11.9 Å². The Morgan fingerprint density at radius 1 is 1.44 bits per heavy atom. The van der Waals surface area contributed by atoms with E-state index in [9.17, 15) is 9.59 Å². The second-order valence-corrected chi connectivity index (χ2v) is 5.25. The van der Waals surface area contributed by atoms with Gasteiger partial charge in [0.15, 0.2) is 0 Å². The number of aliphatic carboxylic acids is 1. The van der Waals surface area contributed by atoms with Gasteiger partial charge in [0.1, 0.15) is 0 Å². The molecule has 3 unspecified atom stereocenters. The van der Waals surface area contributed by atoms with Gasteiger partial charge in [-0.1, -0.05) is 13.3 Å². The van der Waals surface area contributed by atoms with Crippen LogP contribution in [0.25, 0.3) is 0 Å². The van der Waals surface area contributed by atoms with Crippen LogP contribution in [0.5, 0.6) is 0 Å². The zero-order chi connectivity index (χ0) is 13.7. The number of carboxylic acid groups (broad SMARTS) is 1. The molecule has 1 aliphatic heterocycles. The van der Waals surface area contributed by atoms with Gasteiger partial charge in [-0.05, 0) is 32.6 Å². The molecule has 1 rings (SSSR count). The Hall–Kier alpha value is -1.26. The van der Waals surface area contributed by atoms with E-state index in [1.54, 1.807) is 18.7 Å². The second-order valence-electron chi connectivity index (χ2n) is 5.25. The molecule has 0 saturated carbocycles. The molecule has 2 N–H and O–H groups in total. The number of rotatable bonds is 5. The van der Waals surface area contributed by atoms with E-state index in [1.165, 1.54) is 0 Å². The molecular formula is C13H24N2O3. The van der Waals surface area contributed by atoms with Crippen molar-refractivity contribution in [3.8, 4) is 0 Å². The Bertz CT molecular complexity index is 307. The molecule has 5 heteroatoms. The largest absolute Gasteiger partial charge is 0.481 e. The average molecular weight is 256 g/mol. The summed E-state index contributed by atoms with van der Waals surface area (Å²) in [4.78, 5) is 24.6. The van der Waals surface area contributed by atoms with Crippen LogP contribution in [0.4, 0.5) is 4.79 Å². The Morgan fingerprint density at radius 3 is 2.67 bits per heavy atom. The second kappa shape index (κ2) is 6.61. The minimum absolute atomic E-state index is 0.130. The summed E-state index contributed by atoms with van der Waals surface area (Å²) >= 11 is 0. The van der Waals surface area contributed by atoms with Crippen molar-refractivity contribution in [2.24, 2.45) is 11.8 Å². The molecule has 0 spiro atoms. The summed E-state index contributed by atoms with van der Waals surface area (Å²) < 4.78 is 0. The first-order chi connectivity index (χ1) is 8.45. The normalized spacial score (nSPS) is 22.6. The number of hydrogen-bond donors (Lipinski definition) is 2. The van der Waals surface area contributed by atoms with Crippen molar-refractivity contribution in [3.05, 3.63) is 0 Å². The van der Waals surface area contributed by atoms with Gasteiger partial charge in [-0.2, -0.15) is 0 Å². The van der Waals surface area contributed by atoms with Crippen molar-refractivity contribution in [2.75, 3.05) is 13.1 Å². The molecule has 1 saturated heterocycles. The number of hydrogen-bond acceptors (Lipinski definition) is 2. The molecule has 104 valence electrons. The van der Waals surface area contributed by atoms with Gasteiger partial charge in [-0.15, -0.1) is 0 Å². The highest BCUT2D eigenvalue weighted by Gasteiger charge is 2.28. The lowest BCUT2D eigenvalue weighted by molar-refractivity contribution is -0.141. The third-order valence-corrected chi connectivity index (χ3v) is 3.76. The number of amides is 2. The summed E-state index contributed by atoms with van der Waals surface area (Å²) in [6.07, 6.45) is 3.36. The van der Waals surface area contributed by atoms with E-state index in [0.29, 0.717) is 5.92 Å². The van der Waals surface area contributed by atoms with Gasteiger partial charge in [0.2, 0.25) is 0 Å². The van der Waals surface area contributed by atoms with Crippen molar-refractivity contribution in [3.63, 3.8) is 0 Å². The maximum atomic E-state index is 12.0. The number of carbonyl (C=O) groups is 2. The Morgan fingerprint density at radius 2 is 2.11 bits per heavy atom. The maximum absolute atomic E-state index is 12.0.